The maximum absolute atomic E-state index is 12.5. The summed E-state index contributed by atoms with van der Waals surface area (Å²) in [5, 5.41) is 9.02. The smallest absolute Gasteiger partial charge is 0.256 e. The molecule has 1 aliphatic rings. The van der Waals surface area contributed by atoms with Gasteiger partial charge in [-0.3, -0.25) is 9.59 Å². The monoisotopic (exact) mass is 444 g/mol. The van der Waals surface area contributed by atoms with Crippen molar-refractivity contribution in [1.29, 1.82) is 0 Å². The zero-order valence-corrected chi connectivity index (χ0v) is 18.5. The third-order valence-corrected chi connectivity index (χ3v) is 5.50. The Morgan fingerprint density at radius 3 is 2.27 bits per heavy atom. The lowest BCUT2D eigenvalue weighted by atomic mass is 10.1. The van der Waals surface area contributed by atoms with Gasteiger partial charge in [0.25, 0.3) is 11.8 Å². The van der Waals surface area contributed by atoms with E-state index >= 15 is 0 Å². The van der Waals surface area contributed by atoms with Gasteiger partial charge in [0.1, 0.15) is 12.1 Å². The van der Waals surface area contributed by atoms with Gasteiger partial charge in [0.05, 0.1) is 0 Å². The van der Waals surface area contributed by atoms with Gasteiger partial charge in [0.2, 0.25) is 0 Å². The van der Waals surface area contributed by atoms with E-state index in [2.05, 4.69) is 30.8 Å². The molecule has 0 saturated carbocycles. The Morgan fingerprint density at radius 2 is 1.61 bits per heavy atom. The Labute approximate surface area is 193 Å². The molecule has 2 heterocycles. The predicted molar refractivity (Wildman–Crippen MR) is 129 cm³/mol. The highest BCUT2D eigenvalue weighted by molar-refractivity contribution is 6.04. The number of anilines is 3. The molecule has 8 heteroatoms. The van der Waals surface area contributed by atoms with E-state index in [0.717, 1.165) is 24.3 Å². The summed E-state index contributed by atoms with van der Waals surface area (Å²) >= 11 is 0. The SMILES string of the molecule is O=C(NCCCN1CCCC1)c1cccc(Nc2cccc(C(=O)Nc3ccncn3)c2)c1. The van der Waals surface area contributed by atoms with Crippen LogP contribution in [0.1, 0.15) is 40.0 Å². The molecule has 8 nitrogen and oxygen atoms in total. The van der Waals surface area contributed by atoms with Gasteiger partial charge in [0, 0.05) is 35.2 Å². The quantitative estimate of drug-likeness (QED) is 0.436. The number of amides is 2. The van der Waals surface area contributed by atoms with E-state index in [-0.39, 0.29) is 11.8 Å². The van der Waals surface area contributed by atoms with E-state index in [4.69, 9.17) is 0 Å². The lowest BCUT2D eigenvalue weighted by Crippen LogP contribution is -2.28. The molecule has 2 aromatic carbocycles. The average Bonchev–Trinajstić information content (AvgIpc) is 3.36. The Bertz CT molecular complexity index is 1080. The fourth-order valence-electron chi connectivity index (χ4n) is 3.81. The van der Waals surface area contributed by atoms with Crippen LogP contribution in [-0.2, 0) is 0 Å². The molecular weight excluding hydrogens is 416 g/mol. The van der Waals surface area contributed by atoms with Gasteiger partial charge < -0.3 is 20.9 Å². The van der Waals surface area contributed by atoms with Crippen LogP contribution in [0.5, 0.6) is 0 Å². The Hall–Kier alpha value is -3.78. The highest BCUT2D eigenvalue weighted by Crippen LogP contribution is 2.19. The van der Waals surface area contributed by atoms with Gasteiger partial charge in [-0.1, -0.05) is 12.1 Å². The normalized spacial score (nSPS) is 13.5. The predicted octanol–water partition coefficient (Wildman–Crippen LogP) is 3.69. The van der Waals surface area contributed by atoms with Crippen LogP contribution in [0.2, 0.25) is 0 Å². The van der Waals surface area contributed by atoms with Crippen LogP contribution < -0.4 is 16.0 Å². The zero-order chi connectivity index (χ0) is 22.9. The number of benzene rings is 2. The second-order valence-electron chi connectivity index (χ2n) is 7.99. The number of rotatable bonds is 9. The summed E-state index contributed by atoms with van der Waals surface area (Å²) in [5.74, 6) is 0.0879. The first-order valence-electron chi connectivity index (χ1n) is 11.2. The van der Waals surface area contributed by atoms with Crippen LogP contribution in [0.3, 0.4) is 0 Å². The fraction of sp³-hybridized carbons (Fsp3) is 0.280. The maximum Gasteiger partial charge on any atom is 0.256 e. The molecule has 0 radical (unpaired) electrons. The minimum Gasteiger partial charge on any atom is -0.355 e. The summed E-state index contributed by atoms with van der Waals surface area (Å²) < 4.78 is 0. The molecule has 4 rings (SSSR count). The van der Waals surface area contributed by atoms with E-state index in [1.54, 1.807) is 36.5 Å². The number of carbonyl (C=O) groups excluding carboxylic acids is 2. The van der Waals surface area contributed by atoms with Crippen LogP contribution in [0.15, 0.2) is 67.1 Å². The molecule has 33 heavy (non-hydrogen) atoms. The van der Waals surface area contributed by atoms with Gasteiger partial charge >= 0.3 is 0 Å². The number of hydrogen-bond acceptors (Lipinski definition) is 6. The number of nitrogens with zero attached hydrogens (tertiary/aromatic N) is 3. The van der Waals surface area contributed by atoms with Gasteiger partial charge in [-0.25, -0.2) is 9.97 Å². The summed E-state index contributed by atoms with van der Waals surface area (Å²) in [6.07, 6.45) is 6.46. The van der Waals surface area contributed by atoms with E-state index in [1.165, 1.54) is 32.3 Å². The van der Waals surface area contributed by atoms with E-state index in [9.17, 15) is 9.59 Å². The zero-order valence-electron chi connectivity index (χ0n) is 18.5. The molecule has 1 aromatic heterocycles. The molecule has 0 spiro atoms. The van der Waals surface area contributed by atoms with Gasteiger partial charge in [-0.2, -0.15) is 0 Å². The molecule has 170 valence electrons. The molecule has 0 unspecified atom stereocenters. The van der Waals surface area contributed by atoms with Crippen molar-refractivity contribution in [2.24, 2.45) is 0 Å². The number of likely N-dealkylation sites (tertiary alicyclic amines) is 1. The lowest BCUT2D eigenvalue weighted by Gasteiger charge is -2.14. The van der Waals surface area contributed by atoms with Crippen molar-refractivity contribution < 1.29 is 9.59 Å². The summed E-state index contributed by atoms with van der Waals surface area (Å²) in [6.45, 7) is 4.04. The first-order chi connectivity index (χ1) is 16.2. The molecule has 1 fully saturated rings. The molecular formula is C25H28N6O2. The average molecular weight is 445 g/mol. The number of carbonyl (C=O) groups is 2. The Balaban J connectivity index is 1.32. The maximum atomic E-state index is 12.5. The Morgan fingerprint density at radius 1 is 0.909 bits per heavy atom. The van der Waals surface area contributed by atoms with Crippen LogP contribution in [0, 0.1) is 0 Å². The highest BCUT2D eigenvalue weighted by atomic mass is 16.2. The topological polar surface area (TPSA) is 99.2 Å². The summed E-state index contributed by atoms with van der Waals surface area (Å²) in [4.78, 5) is 35.4. The number of aromatic nitrogens is 2. The standard InChI is InChI=1S/C25H28N6O2/c32-24(27-11-5-15-31-13-1-2-14-31)19-6-3-8-21(16-19)29-22-9-4-7-20(17-22)25(33)30-23-10-12-26-18-28-23/h3-4,6-10,12,16-18,29H,1-2,5,11,13-15H2,(H,27,32)(H,26,28,30,33). The molecule has 3 N–H and O–H groups in total. The van der Waals surface area contributed by atoms with Crippen molar-refractivity contribution in [2.45, 2.75) is 19.3 Å². The summed E-state index contributed by atoms with van der Waals surface area (Å²) in [7, 11) is 0. The van der Waals surface area contributed by atoms with Crippen molar-refractivity contribution in [3.05, 3.63) is 78.2 Å². The molecule has 1 saturated heterocycles. The van der Waals surface area contributed by atoms with Crippen LogP contribution in [0.4, 0.5) is 17.2 Å². The van der Waals surface area contributed by atoms with Gasteiger partial charge in [-0.05, 0) is 81.4 Å². The third kappa shape index (κ3) is 6.60. The molecule has 0 atom stereocenters. The van der Waals surface area contributed by atoms with Gasteiger partial charge in [0.15, 0.2) is 0 Å². The van der Waals surface area contributed by atoms with Crippen LogP contribution in [-0.4, -0.2) is 52.9 Å². The van der Waals surface area contributed by atoms with Crippen LogP contribution in [0.25, 0.3) is 0 Å². The number of nitrogens with one attached hydrogen (secondary N) is 3. The van der Waals surface area contributed by atoms with Crippen molar-refractivity contribution in [1.82, 2.24) is 20.2 Å². The first kappa shape index (κ1) is 22.4. The lowest BCUT2D eigenvalue weighted by molar-refractivity contribution is 0.0951. The summed E-state index contributed by atoms with van der Waals surface area (Å²) in [5.41, 5.74) is 2.60. The van der Waals surface area contributed by atoms with E-state index in [1.807, 2.05) is 24.3 Å². The molecule has 1 aliphatic heterocycles. The van der Waals surface area contributed by atoms with Crippen molar-refractivity contribution >= 4 is 29.0 Å². The van der Waals surface area contributed by atoms with Gasteiger partial charge in [-0.15, -0.1) is 0 Å². The largest absolute Gasteiger partial charge is 0.355 e. The minimum absolute atomic E-state index is 0.0851. The second kappa shape index (κ2) is 11.2. The molecule has 2 amide bonds. The van der Waals surface area contributed by atoms with E-state index < -0.39 is 0 Å². The second-order valence-corrected chi connectivity index (χ2v) is 7.99. The highest BCUT2D eigenvalue weighted by Gasteiger charge is 2.12. The first-order valence-corrected chi connectivity index (χ1v) is 11.2. The van der Waals surface area contributed by atoms with Crippen molar-refractivity contribution in [3.8, 4) is 0 Å². The van der Waals surface area contributed by atoms with Crippen molar-refractivity contribution in [2.75, 3.05) is 36.8 Å². The minimum atomic E-state index is -0.264. The Kier molecular flexibility index (Phi) is 7.60. The molecule has 0 aliphatic carbocycles. The third-order valence-electron chi connectivity index (χ3n) is 5.50. The summed E-state index contributed by atoms with van der Waals surface area (Å²) in [6, 6.07) is 16.1. The molecule has 0 bridgehead atoms. The van der Waals surface area contributed by atoms with E-state index in [0.29, 0.717) is 23.5 Å². The fourth-order valence-corrected chi connectivity index (χ4v) is 3.81. The number of hydrogen-bond donors (Lipinski definition) is 3. The molecule has 3 aromatic rings. The van der Waals surface area contributed by atoms with Crippen LogP contribution >= 0.6 is 0 Å². The van der Waals surface area contributed by atoms with Crippen molar-refractivity contribution in [3.63, 3.8) is 0 Å².